The van der Waals surface area contributed by atoms with Crippen molar-refractivity contribution in [3.8, 4) is 0 Å². The Kier molecular flexibility index (Phi) is 9.51. The van der Waals surface area contributed by atoms with Gasteiger partial charge in [0, 0.05) is 44.6 Å². The van der Waals surface area contributed by atoms with E-state index in [2.05, 4.69) is 43.6 Å². The van der Waals surface area contributed by atoms with E-state index in [-0.39, 0.29) is 30.1 Å². The van der Waals surface area contributed by atoms with Crippen LogP contribution in [0.25, 0.3) is 0 Å². The predicted octanol–water partition coefficient (Wildman–Crippen LogP) is 1.62. The first-order valence-corrected chi connectivity index (χ1v) is 10.4. The molecule has 1 aliphatic heterocycles. The van der Waals surface area contributed by atoms with Crippen LogP contribution >= 0.6 is 24.0 Å². The smallest absolute Gasteiger partial charge is 0.191 e. The molecule has 2 aromatic rings. The molecule has 2 unspecified atom stereocenters. The zero-order valence-electron chi connectivity index (χ0n) is 18.7. The van der Waals surface area contributed by atoms with Gasteiger partial charge in [-0.25, -0.2) is 9.98 Å². The molecule has 10 heteroatoms. The summed E-state index contributed by atoms with van der Waals surface area (Å²) in [6.07, 6.45) is 5.53. The first-order valence-electron chi connectivity index (χ1n) is 10.4. The first-order chi connectivity index (χ1) is 14.4. The lowest BCUT2D eigenvalue weighted by molar-refractivity contribution is 0.0529. The lowest BCUT2D eigenvalue weighted by atomic mass is 10.00. The summed E-state index contributed by atoms with van der Waals surface area (Å²) in [5.74, 6) is 1.61. The molecule has 172 valence electrons. The summed E-state index contributed by atoms with van der Waals surface area (Å²) in [7, 11) is 1.83. The third-order valence-electron chi connectivity index (χ3n) is 5.07. The van der Waals surface area contributed by atoms with Crippen molar-refractivity contribution in [2.75, 3.05) is 37.7 Å². The Morgan fingerprint density at radius 2 is 2.23 bits per heavy atom. The van der Waals surface area contributed by atoms with E-state index in [1.165, 1.54) is 0 Å². The Labute approximate surface area is 201 Å². The number of nitrogens with one attached hydrogen (secondary N) is 2. The normalized spacial score (nSPS) is 18.8. The molecule has 3 N–H and O–H groups in total. The van der Waals surface area contributed by atoms with Crippen LogP contribution in [-0.2, 0) is 23.9 Å². The highest BCUT2D eigenvalue weighted by Crippen LogP contribution is 2.19. The molecule has 1 aliphatic rings. The van der Waals surface area contributed by atoms with Gasteiger partial charge in [-0.1, -0.05) is 0 Å². The maximum absolute atomic E-state index is 10.8. The molecule has 9 nitrogen and oxygen atoms in total. The van der Waals surface area contributed by atoms with Crippen molar-refractivity contribution in [3.63, 3.8) is 0 Å². The Morgan fingerprint density at radius 3 is 2.90 bits per heavy atom. The van der Waals surface area contributed by atoms with E-state index in [1.54, 1.807) is 17.8 Å². The highest BCUT2D eigenvalue weighted by atomic mass is 127. The SMILES string of the molecule is CCNC(=NCc1ccnc(N2CCOC(C)C2)c1)NCC(C)(O)c1cnn(C)c1.I. The van der Waals surface area contributed by atoms with Gasteiger partial charge in [-0.2, -0.15) is 5.10 Å². The number of guanidine groups is 1. The number of halogens is 1. The molecule has 0 bridgehead atoms. The van der Waals surface area contributed by atoms with E-state index in [0.29, 0.717) is 19.0 Å². The number of aliphatic hydroxyl groups is 1. The Bertz CT molecular complexity index is 856. The summed E-state index contributed by atoms with van der Waals surface area (Å²) in [6, 6.07) is 4.06. The van der Waals surface area contributed by atoms with Crippen molar-refractivity contribution < 1.29 is 9.84 Å². The van der Waals surface area contributed by atoms with Gasteiger partial charge in [-0.15, -0.1) is 24.0 Å². The van der Waals surface area contributed by atoms with Gasteiger partial charge in [0.2, 0.25) is 0 Å². The summed E-state index contributed by atoms with van der Waals surface area (Å²) in [6.45, 7) is 9.82. The standard InChI is InChI=1S/C21H33N7O2.HI/c1-5-22-20(25-15-21(3,29)18-12-26-27(4)14-18)24-11-17-6-7-23-19(10-17)28-8-9-30-16(2)13-28;/h6-7,10,12,14,16,29H,5,8-9,11,13,15H2,1-4H3,(H2,22,24,25);1H. The van der Waals surface area contributed by atoms with Gasteiger partial charge in [0.25, 0.3) is 0 Å². The van der Waals surface area contributed by atoms with Crippen LogP contribution in [0.4, 0.5) is 5.82 Å². The number of aliphatic imine (C=N–C) groups is 1. The summed E-state index contributed by atoms with van der Waals surface area (Å²) in [4.78, 5) is 11.4. The van der Waals surface area contributed by atoms with Gasteiger partial charge in [-0.05, 0) is 38.5 Å². The molecule has 0 aliphatic carbocycles. The average molecular weight is 543 g/mol. The van der Waals surface area contributed by atoms with Crippen molar-refractivity contribution in [3.05, 3.63) is 41.9 Å². The molecule has 0 radical (unpaired) electrons. The van der Waals surface area contributed by atoms with E-state index < -0.39 is 5.60 Å². The number of rotatable bonds is 7. The topological polar surface area (TPSA) is 99.8 Å². The lowest BCUT2D eigenvalue weighted by Gasteiger charge is -2.32. The molecule has 0 amide bonds. The number of hydrogen-bond acceptors (Lipinski definition) is 6. The number of pyridine rings is 1. The number of ether oxygens (including phenoxy) is 1. The zero-order chi connectivity index (χ0) is 21.6. The van der Waals surface area contributed by atoms with Gasteiger partial charge < -0.3 is 25.4 Å². The van der Waals surface area contributed by atoms with Gasteiger partial charge >= 0.3 is 0 Å². The Morgan fingerprint density at radius 1 is 1.42 bits per heavy atom. The van der Waals surface area contributed by atoms with Gasteiger partial charge in [-0.3, -0.25) is 4.68 Å². The molecule has 0 aromatic carbocycles. The van der Waals surface area contributed by atoms with E-state index in [9.17, 15) is 5.11 Å². The minimum absolute atomic E-state index is 0. The minimum Gasteiger partial charge on any atom is -0.383 e. The van der Waals surface area contributed by atoms with Crippen LogP contribution in [0, 0.1) is 0 Å². The van der Waals surface area contributed by atoms with Crippen LogP contribution in [0.1, 0.15) is 31.9 Å². The molecule has 3 heterocycles. The van der Waals surface area contributed by atoms with Gasteiger partial charge in [0.15, 0.2) is 5.96 Å². The van der Waals surface area contributed by atoms with Crippen LogP contribution in [0.3, 0.4) is 0 Å². The summed E-state index contributed by atoms with van der Waals surface area (Å²) in [5.41, 5.74) is 0.781. The molecule has 2 aromatic heterocycles. The molecule has 2 atom stereocenters. The van der Waals surface area contributed by atoms with Crippen molar-refractivity contribution in [2.45, 2.75) is 39.0 Å². The van der Waals surface area contributed by atoms with E-state index >= 15 is 0 Å². The molecule has 0 spiro atoms. The molecule has 0 saturated carbocycles. The van der Waals surface area contributed by atoms with Gasteiger partial charge in [0.1, 0.15) is 11.4 Å². The van der Waals surface area contributed by atoms with Crippen LogP contribution in [0.2, 0.25) is 0 Å². The number of hydrogen-bond donors (Lipinski definition) is 3. The maximum atomic E-state index is 10.8. The fraction of sp³-hybridized carbons (Fsp3) is 0.571. The molecular weight excluding hydrogens is 509 g/mol. The highest BCUT2D eigenvalue weighted by molar-refractivity contribution is 14.0. The maximum Gasteiger partial charge on any atom is 0.191 e. The second-order valence-corrected chi connectivity index (χ2v) is 7.87. The predicted molar refractivity (Wildman–Crippen MR) is 133 cm³/mol. The number of aromatic nitrogens is 3. The number of aryl methyl sites for hydroxylation is 1. The summed E-state index contributed by atoms with van der Waals surface area (Å²) >= 11 is 0. The quantitative estimate of drug-likeness (QED) is 0.277. The monoisotopic (exact) mass is 543 g/mol. The summed E-state index contributed by atoms with van der Waals surface area (Å²) < 4.78 is 7.30. The lowest BCUT2D eigenvalue weighted by Crippen LogP contribution is -2.44. The largest absolute Gasteiger partial charge is 0.383 e. The number of nitrogens with zero attached hydrogens (tertiary/aromatic N) is 5. The number of anilines is 1. The fourth-order valence-electron chi connectivity index (χ4n) is 3.33. The van der Waals surface area contributed by atoms with Crippen molar-refractivity contribution >= 4 is 35.8 Å². The van der Waals surface area contributed by atoms with Crippen molar-refractivity contribution in [1.82, 2.24) is 25.4 Å². The van der Waals surface area contributed by atoms with Crippen LogP contribution in [0.15, 0.2) is 35.7 Å². The third kappa shape index (κ3) is 7.32. The third-order valence-corrected chi connectivity index (χ3v) is 5.07. The van der Waals surface area contributed by atoms with E-state index in [4.69, 9.17) is 4.74 Å². The van der Waals surface area contributed by atoms with Crippen LogP contribution in [0.5, 0.6) is 0 Å². The molecule has 3 rings (SSSR count). The van der Waals surface area contributed by atoms with Gasteiger partial charge in [0.05, 0.1) is 32.0 Å². The van der Waals surface area contributed by atoms with Crippen molar-refractivity contribution in [2.24, 2.45) is 12.0 Å². The average Bonchev–Trinajstić information content (AvgIpc) is 3.18. The molecular formula is C21H34IN7O2. The minimum atomic E-state index is -1.05. The Balaban J connectivity index is 0.00000341. The van der Waals surface area contributed by atoms with Crippen LogP contribution in [-0.4, -0.2) is 64.7 Å². The highest BCUT2D eigenvalue weighted by Gasteiger charge is 2.25. The molecule has 1 saturated heterocycles. The zero-order valence-corrected chi connectivity index (χ0v) is 21.0. The van der Waals surface area contributed by atoms with Crippen LogP contribution < -0.4 is 15.5 Å². The first kappa shape index (κ1) is 25.3. The summed E-state index contributed by atoms with van der Waals surface area (Å²) in [5, 5.41) is 21.4. The van der Waals surface area contributed by atoms with Crippen molar-refractivity contribution in [1.29, 1.82) is 0 Å². The second kappa shape index (κ2) is 11.6. The molecule has 31 heavy (non-hydrogen) atoms. The fourth-order valence-corrected chi connectivity index (χ4v) is 3.33. The second-order valence-electron chi connectivity index (χ2n) is 7.87. The molecule has 1 fully saturated rings. The Hall–Kier alpha value is -1.92. The van der Waals surface area contributed by atoms with E-state index in [1.807, 2.05) is 32.4 Å². The number of morpholine rings is 1. The van der Waals surface area contributed by atoms with E-state index in [0.717, 1.165) is 43.2 Å².